The first kappa shape index (κ1) is 15.7. The molecule has 2 aromatic rings. The highest BCUT2D eigenvalue weighted by Crippen LogP contribution is 2.14. The van der Waals surface area contributed by atoms with Crippen LogP contribution in [0.1, 0.15) is 24.8 Å². The normalized spacial score (nSPS) is 12.1. The summed E-state index contributed by atoms with van der Waals surface area (Å²) in [7, 11) is 0. The molecule has 0 saturated carbocycles. The third-order valence-electron chi connectivity index (χ3n) is 3.23. The molecule has 22 heavy (non-hydrogen) atoms. The number of nitrogens with zero attached hydrogens (tertiary/aromatic N) is 3. The van der Waals surface area contributed by atoms with Gasteiger partial charge in [-0.2, -0.15) is 5.10 Å². The van der Waals surface area contributed by atoms with Gasteiger partial charge in [-0.25, -0.2) is 0 Å². The fraction of sp³-hybridized carbons (Fsp3) is 0.429. The minimum absolute atomic E-state index is 0.0238. The number of carbonyl (C=O) groups excluding carboxylic acids is 1. The first-order chi connectivity index (χ1) is 10.5. The Morgan fingerprint density at radius 1 is 1.59 bits per heavy atom. The van der Waals surface area contributed by atoms with E-state index < -0.39 is 4.92 Å². The number of aromatic nitrogens is 2. The van der Waals surface area contributed by atoms with Crippen molar-refractivity contribution in [1.82, 2.24) is 15.1 Å². The largest absolute Gasteiger partial charge is 0.469 e. The number of nitro groups is 1. The molecular weight excluding hydrogens is 288 g/mol. The smallest absolute Gasteiger partial charge is 0.309 e. The van der Waals surface area contributed by atoms with E-state index in [2.05, 4.69) is 10.4 Å². The minimum atomic E-state index is -0.511. The lowest BCUT2D eigenvalue weighted by atomic mass is 10.1. The molecule has 1 atom stereocenters. The lowest BCUT2D eigenvalue weighted by Crippen LogP contribution is -2.35. The topological polar surface area (TPSA) is 103 Å². The van der Waals surface area contributed by atoms with Gasteiger partial charge in [-0.1, -0.05) is 0 Å². The zero-order valence-electron chi connectivity index (χ0n) is 12.5. The van der Waals surface area contributed by atoms with Crippen LogP contribution >= 0.6 is 0 Å². The van der Waals surface area contributed by atoms with E-state index in [9.17, 15) is 14.9 Å². The Kier molecular flexibility index (Phi) is 4.92. The number of hydrogen-bond acceptors (Lipinski definition) is 5. The summed E-state index contributed by atoms with van der Waals surface area (Å²) in [5.74, 6) is 0.642. The predicted molar refractivity (Wildman–Crippen MR) is 78.3 cm³/mol. The van der Waals surface area contributed by atoms with Crippen molar-refractivity contribution in [1.29, 1.82) is 0 Å². The van der Waals surface area contributed by atoms with Gasteiger partial charge in [0.2, 0.25) is 5.91 Å². The van der Waals surface area contributed by atoms with Gasteiger partial charge in [-0.05, 0) is 32.4 Å². The standard InChI is InChI=1S/C14H18N4O4/c1-10(5-6-12-4-3-7-22-12)15-14(19)9-17-8-13(18(20)21)11(2)16-17/h3-4,7-8,10H,5-6,9H2,1-2H3,(H,15,19)/t10-/m0/s1. The lowest BCUT2D eigenvalue weighted by Gasteiger charge is -2.13. The van der Waals surface area contributed by atoms with E-state index in [0.29, 0.717) is 5.69 Å². The molecule has 0 saturated heterocycles. The molecule has 118 valence electrons. The van der Waals surface area contributed by atoms with Crippen molar-refractivity contribution >= 4 is 11.6 Å². The molecule has 8 heteroatoms. The van der Waals surface area contributed by atoms with Crippen LogP contribution in [0.15, 0.2) is 29.0 Å². The Bertz CT molecular complexity index is 648. The molecule has 0 radical (unpaired) electrons. The monoisotopic (exact) mass is 306 g/mol. The Morgan fingerprint density at radius 2 is 2.36 bits per heavy atom. The molecule has 0 aliphatic carbocycles. The van der Waals surface area contributed by atoms with E-state index in [-0.39, 0.29) is 24.2 Å². The van der Waals surface area contributed by atoms with Crippen LogP contribution in [0.25, 0.3) is 0 Å². The summed E-state index contributed by atoms with van der Waals surface area (Å²) in [5, 5.41) is 17.5. The summed E-state index contributed by atoms with van der Waals surface area (Å²) in [6, 6.07) is 3.69. The molecule has 0 fully saturated rings. The van der Waals surface area contributed by atoms with E-state index in [4.69, 9.17) is 4.42 Å². The van der Waals surface area contributed by atoms with Crippen LogP contribution in [0.4, 0.5) is 5.69 Å². The zero-order chi connectivity index (χ0) is 16.1. The highest BCUT2D eigenvalue weighted by atomic mass is 16.6. The molecule has 0 aliphatic heterocycles. The molecule has 0 bridgehead atoms. The Labute approximate surface area is 127 Å². The van der Waals surface area contributed by atoms with Gasteiger partial charge in [-0.3, -0.25) is 19.6 Å². The number of carbonyl (C=O) groups is 1. The third kappa shape index (κ3) is 4.18. The van der Waals surface area contributed by atoms with Crippen molar-refractivity contribution in [3.05, 3.63) is 46.2 Å². The maximum atomic E-state index is 11.9. The van der Waals surface area contributed by atoms with Gasteiger partial charge in [0.15, 0.2) is 0 Å². The first-order valence-corrected chi connectivity index (χ1v) is 6.96. The quantitative estimate of drug-likeness (QED) is 0.621. The third-order valence-corrected chi connectivity index (χ3v) is 3.23. The molecule has 2 rings (SSSR count). The first-order valence-electron chi connectivity index (χ1n) is 6.96. The van der Waals surface area contributed by atoms with Gasteiger partial charge < -0.3 is 9.73 Å². The summed E-state index contributed by atoms with van der Waals surface area (Å²) in [6.07, 6.45) is 4.37. The maximum absolute atomic E-state index is 11.9. The van der Waals surface area contributed by atoms with Crippen molar-refractivity contribution in [2.24, 2.45) is 0 Å². The second-order valence-corrected chi connectivity index (χ2v) is 5.14. The summed E-state index contributed by atoms with van der Waals surface area (Å²) in [4.78, 5) is 22.1. The highest BCUT2D eigenvalue weighted by molar-refractivity contribution is 5.76. The summed E-state index contributed by atoms with van der Waals surface area (Å²) in [5.41, 5.74) is 0.210. The Hall–Kier alpha value is -2.64. The van der Waals surface area contributed by atoms with Gasteiger partial charge in [-0.15, -0.1) is 0 Å². The van der Waals surface area contributed by atoms with Gasteiger partial charge in [0, 0.05) is 12.5 Å². The molecular formula is C14H18N4O4. The summed E-state index contributed by atoms with van der Waals surface area (Å²) >= 11 is 0. The minimum Gasteiger partial charge on any atom is -0.469 e. The van der Waals surface area contributed by atoms with Crippen LogP contribution in [0.2, 0.25) is 0 Å². The molecule has 2 heterocycles. The zero-order valence-corrected chi connectivity index (χ0v) is 12.5. The second-order valence-electron chi connectivity index (χ2n) is 5.14. The molecule has 0 aliphatic rings. The van der Waals surface area contributed by atoms with E-state index in [0.717, 1.165) is 18.6 Å². The fourth-order valence-corrected chi connectivity index (χ4v) is 2.12. The van der Waals surface area contributed by atoms with Crippen LogP contribution < -0.4 is 5.32 Å². The highest BCUT2D eigenvalue weighted by Gasteiger charge is 2.17. The average Bonchev–Trinajstić information content (AvgIpc) is 3.05. The second kappa shape index (κ2) is 6.88. The van der Waals surface area contributed by atoms with Crippen molar-refractivity contribution in [3.63, 3.8) is 0 Å². The molecule has 1 amide bonds. The molecule has 0 aromatic carbocycles. The van der Waals surface area contributed by atoms with Crippen molar-refractivity contribution in [2.45, 2.75) is 39.3 Å². The van der Waals surface area contributed by atoms with E-state index in [1.165, 1.54) is 10.9 Å². The molecule has 2 aromatic heterocycles. The Balaban J connectivity index is 1.82. The lowest BCUT2D eigenvalue weighted by molar-refractivity contribution is -0.385. The molecule has 8 nitrogen and oxygen atoms in total. The number of furan rings is 1. The number of aryl methyl sites for hydroxylation is 2. The van der Waals surface area contributed by atoms with Crippen molar-refractivity contribution in [3.8, 4) is 0 Å². The van der Waals surface area contributed by atoms with Crippen LogP contribution in [0, 0.1) is 17.0 Å². The summed E-state index contributed by atoms with van der Waals surface area (Å²) < 4.78 is 6.51. The van der Waals surface area contributed by atoms with Crippen molar-refractivity contribution in [2.75, 3.05) is 0 Å². The molecule has 0 spiro atoms. The number of nitrogens with one attached hydrogen (secondary N) is 1. The Morgan fingerprint density at radius 3 is 2.95 bits per heavy atom. The molecule has 1 N–H and O–H groups in total. The SMILES string of the molecule is Cc1nn(CC(=O)N[C@@H](C)CCc2ccco2)cc1[N+](=O)[O-]. The average molecular weight is 306 g/mol. The van der Waals surface area contributed by atoms with E-state index in [1.54, 1.807) is 13.2 Å². The number of amides is 1. The number of hydrogen-bond donors (Lipinski definition) is 1. The maximum Gasteiger partial charge on any atom is 0.309 e. The summed E-state index contributed by atoms with van der Waals surface area (Å²) in [6.45, 7) is 3.40. The van der Waals surface area contributed by atoms with Gasteiger partial charge in [0.25, 0.3) is 0 Å². The van der Waals surface area contributed by atoms with Crippen LogP contribution in [-0.4, -0.2) is 26.7 Å². The predicted octanol–water partition coefficient (Wildman–Crippen LogP) is 1.83. The van der Waals surface area contributed by atoms with Crippen LogP contribution in [0.3, 0.4) is 0 Å². The van der Waals surface area contributed by atoms with Crippen LogP contribution in [0.5, 0.6) is 0 Å². The van der Waals surface area contributed by atoms with Gasteiger partial charge in [0.1, 0.15) is 24.2 Å². The number of rotatable bonds is 7. The fourth-order valence-electron chi connectivity index (χ4n) is 2.12. The van der Waals surface area contributed by atoms with Gasteiger partial charge >= 0.3 is 5.69 Å². The van der Waals surface area contributed by atoms with Gasteiger partial charge in [0.05, 0.1) is 11.2 Å². The molecule has 0 unspecified atom stereocenters. The van der Waals surface area contributed by atoms with Crippen molar-refractivity contribution < 1.29 is 14.1 Å². The van der Waals surface area contributed by atoms with Crippen LogP contribution in [-0.2, 0) is 17.8 Å². The van der Waals surface area contributed by atoms with E-state index in [1.807, 2.05) is 19.1 Å². The van der Waals surface area contributed by atoms with E-state index >= 15 is 0 Å².